The van der Waals surface area contributed by atoms with Gasteiger partial charge >= 0.3 is 6.18 Å². The molecule has 164 valence electrons. The van der Waals surface area contributed by atoms with E-state index in [-0.39, 0.29) is 12.0 Å². The first kappa shape index (κ1) is 24.2. The van der Waals surface area contributed by atoms with Gasteiger partial charge in [0.25, 0.3) is 5.91 Å². The molecule has 2 nitrogen and oxygen atoms in total. The lowest BCUT2D eigenvalue weighted by Crippen LogP contribution is -2.32. The van der Waals surface area contributed by atoms with Crippen molar-refractivity contribution >= 4 is 17.5 Å². The highest BCUT2D eigenvalue weighted by Gasteiger charge is 2.34. The van der Waals surface area contributed by atoms with Gasteiger partial charge in [-0.2, -0.15) is 13.2 Å². The number of hydrogen-bond acceptors (Lipinski definition) is 1. The molecule has 2 aromatic rings. The molecule has 30 heavy (non-hydrogen) atoms. The molecule has 0 spiro atoms. The van der Waals surface area contributed by atoms with E-state index < -0.39 is 34.1 Å². The van der Waals surface area contributed by atoms with Gasteiger partial charge in [0.1, 0.15) is 0 Å². The molecule has 0 saturated heterocycles. The molecule has 7 heteroatoms. The quantitative estimate of drug-likeness (QED) is 0.431. The number of halogens is 5. The molecule has 0 aliphatic carbocycles. The topological polar surface area (TPSA) is 20.3 Å². The first-order chi connectivity index (χ1) is 13.8. The lowest BCUT2D eigenvalue weighted by Gasteiger charge is -2.25. The van der Waals surface area contributed by atoms with E-state index in [1.54, 1.807) is 0 Å². The molecular weight excluding hydrogens is 418 g/mol. The van der Waals surface area contributed by atoms with Gasteiger partial charge in [0, 0.05) is 13.1 Å². The van der Waals surface area contributed by atoms with Crippen LogP contribution >= 0.6 is 11.6 Å². The minimum Gasteiger partial charge on any atom is -0.334 e. The fourth-order valence-electron chi connectivity index (χ4n) is 3.01. The standard InChI is InChI=1S/C23H26ClF4NO/c1-5-6-11-29(14-15-7-9-16(10-8-15)22(2,3)4)21(30)18-12-17(23(26,27)28)13-19(24)20(18)25/h7-10,12-13H,5-6,11,14H2,1-4H3. The Morgan fingerprint density at radius 3 is 2.13 bits per heavy atom. The molecule has 0 aliphatic rings. The predicted octanol–water partition coefficient (Wildman–Crippen LogP) is 7.24. The fourth-order valence-corrected chi connectivity index (χ4v) is 3.23. The summed E-state index contributed by atoms with van der Waals surface area (Å²) in [6.45, 7) is 8.64. The van der Waals surface area contributed by atoms with Crippen molar-refractivity contribution in [1.82, 2.24) is 4.90 Å². The summed E-state index contributed by atoms with van der Waals surface area (Å²) in [7, 11) is 0. The van der Waals surface area contributed by atoms with Gasteiger partial charge in [-0.15, -0.1) is 0 Å². The van der Waals surface area contributed by atoms with Crippen molar-refractivity contribution in [3.05, 3.63) is 69.5 Å². The third kappa shape index (κ3) is 5.97. The van der Waals surface area contributed by atoms with Crippen LogP contribution in [0.4, 0.5) is 17.6 Å². The molecule has 0 atom stereocenters. The first-order valence-corrected chi connectivity index (χ1v) is 10.2. The van der Waals surface area contributed by atoms with E-state index in [0.29, 0.717) is 25.1 Å². The van der Waals surface area contributed by atoms with E-state index >= 15 is 0 Å². The van der Waals surface area contributed by atoms with E-state index in [1.807, 2.05) is 31.2 Å². The molecule has 0 N–H and O–H groups in total. The molecule has 1 amide bonds. The average molecular weight is 444 g/mol. The van der Waals surface area contributed by atoms with E-state index in [4.69, 9.17) is 11.6 Å². The highest BCUT2D eigenvalue weighted by atomic mass is 35.5. The second kappa shape index (κ2) is 9.38. The van der Waals surface area contributed by atoms with Crippen LogP contribution in [0.2, 0.25) is 5.02 Å². The van der Waals surface area contributed by atoms with Crippen molar-refractivity contribution in [3.8, 4) is 0 Å². The van der Waals surface area contributed by atoms with Crippen LogP contribution in [-0.2, 0) is 18.1 Å². The molecule has 0 unspecified atom stereocenters. The number of amides is 1. The van der Waals surface area contributed by atoms with Gasteiger partial charge in [-0.1, -0.05) is 70.0 Å². The molecule has 0 fully saturated rings. The Bertz CT molecular complexity index is 886. The Kier molecular flexibility index (Phi) is 7.56. The minimum absolute atomic E-state index is 0.0336. The highest BCUT2D eigenvalue weighted by molar-refractivity contribution is 6.31. The summed E-state index contributed by atoms with van der Waals surface area (Å²) in [5, 5.41) is -0.724. The summed E-state index contributed by atoms with van der Waals surface area (Å²) in [5.74, 6) is -1.95. The zero-order chi connectivity index (χ0) is 22.7. The lowest BCUT2D eigenvalue weighted by atomic mass is 9.87. The van der Waals surface area contributed by atoms with E-state index in [9.17, 15) is 22.4 Å². The van der Waals surface area contributed by atoms with Crippen LogP contribution in [0, 0.1) is 5.82 Å². The van der Waals surface area contributed by atoms with Crippen molar-refractivity contribution in [3.63, 3.8) is 0 Å². The van der Waals surface area contributed by atoms with Crippen LogP contribution in [0.5, 0.6) is 0 Å². The highest BCUT2D eigenvalue weighted by Crippen LogP contribution is 2.34. The van der Waals surface area contributed by atoms with Gasteiger partial charge in [0.05, 0.1) is 16.1 Å². The number of carbonyl (C=O) groups is 1. The summed E-state index contributed by atoms with van der Waals surface area (Å²) in [5.41, 5.74) is 0.0764. The molecule has 2 rings (SSSR count). The van der Waals surface area contributed by atoms with Gasteiger partial charge in [-0.25, -0.2) is 4.39 Å². The van der Waals surface area contributed by atoms with Crippen LogP contribution < -0.4 is 0 Å². The maximum atomic E-state index is 14.5. The molecular formula is C23H26ClF4NO. The Labute approximate surface area is 179 Å². The molecule has 0 saturated carbocycles. The first-order valence-electron chi connectivity index (χ1n) is 9.79. The number of benzene rings is 2. The van der Waals surface area contributed by atoms with Crippen LogP contribution in [0.15, 0.2) is 36.4 Å². The van der Waals surface area contributed by atoms with Crippen LogP contribution in [0.25, 0.3) is 0 Å². The summed E-state index contributed by atoms with van der Waals surface area (Å²) >= 11 is 5.65. The van der Waals surface area contributed by atoms with Crippen molar-refractivity contribution in [2.24, 2.45) is 0 Å². The number of alkyl halides is 3. The van der Waals surface area contributed by atoms with Gasteiger partial charge in [0.15, 0.2) is 5.82 Å². The van der Waals surface area contributed by atoms with Crippen molar-refractivity contribution in [2.45, 2.75) is 58.7 Å². The van der Waals surface area contributed by atoms with Gasteiger partial charge < -0.3 is 4.90 Å². The van der Waals surface area contributed by atoms with Crippen molar-refractivity contribution in [1.29, 1.82) is 0 Å². The van der Waals surface area contributed by atoms with Crippen molar-refractivity contribution in [2.75, 3.05) is 6.54 Å². The molecule has 0 bridgehead atoms. The SMILES string of the molecule is CCCCN(Cc1ccc(C(C)(C)C)cc1)C(=O)c1cc(C(F)(F)F)cc(Cl)c1F. The Balaban J connectivity index is 2.37. The van der Waals surface area contributed by atoms with Crippen LogP contribution in [0.3, 0.4) is 0 Å². The molecule has 0 heterocycles. The van der Waals surface area contributed by atoms with E-state index in [2.05, 4.69) is 20.8 Å². The second-order valence-electron chi connectivity index (χ2n) is 8.34. The summed E-state index contributed by atoms with van der Waals surface area (Å²) in [4.78, 5) is 14.4. The summed E-state index contributed by atoms with van der Waals surface area (Å²) in [6, 6.07) is 8.70. The van der Waals surface area contributed by atoms with Crippen molar-refractivity contribution < 1.29 is 22.4 Å². The maximum Gasteiger partial charge on any atom is 0.416 e. The van der Waals surface area contributed by atoms with Crippen LogP contribution in [-0.4, -0.2) is 17.4 Å². The van der Waals surface area contributed by atoms with Gasteiger partial charge in [-0.3, -0.25) is 4.79 Å². The molecule has 0 aliphatic heterocycles. The Morgan fingerprint density at radius 2 is 1.63 bits per heavy atom. The number of carbonyl (C=O) groups excluding carboxylic acids is 1. The van der Waals surface area contributed by atoms with Gasteiger partial charge in [-0.05, 0) is 35.1 Å². The second-order valence-corrected chi connectivity index (χ2v) is 8.75. The third-order valence-corrected chi connectivity index (χ3v) is 5.12. The lowest BCUT2D eigenvalue weighted by molar-refractivity contribution is -0.137. The number of hydrogen-bond donors (Lipinski definition) is 0. The predicted molar refractivity (Wildman–Crippen MR) is 111 cm³/mol. The normalized spacial score (nSPS) is 12.2. The molecule has 0 radical (unpaired) electrons. The largest absolute Gasteiger partial charge is 0.416 e. The minimum atomic E-state index is -4.73. The summed E-state index contributed by atoms with van der Waals surface area (Å²) < 4.78 is 53.8. The van der Waals surface area contributed by atoms with Crippen LogP contribution in [0.1, 0.15) is 67.6 Å². The monoisotopic (exact) mass is 443 g/mol. The van der Waals surface area contributed by atoms with E-state index in [0.717, 1.165) is 17.5 Å². The average Bonchev–Trinajstić information content (AvgIpc) is 2.65. The number of nitrogens with zero attached hydrogens (tertiary/aromatic N) is 1. The smallest absolute Gasteiger partial charge is 0.334 e. The zero-order valence-corrected chi connectivity index (χ0v) is 18.3. The fraction of sp³-hybridized carbons (Fsp3) is 0.435. The Hall–Kier alpha value is -2.08. The number of unbranched alkanes of at least 4 members (excludes halogenated alkanes) is 1. The van der Waals surface area contributed by atoms with E-state index in [1.165, 1.54) is 4.90 Å². The molecule has 2 aromatic carbocycles. The number of rotatable bonds is 6. The summed E-state index contributed by atoms with van der Waals surface area (Å²) in [6.07, 6.45) is -3.32. The zero-order valence-electron chi connectivity index (χ0n) is 17.5. The van der Waals surface area contributed by atoms with Gasteiger partial charge in [0.2, 0.25) is 0 Å². The molecule has 0 aromatic heterocycles. The third-order valence-electron chi connectivity index (χ3n) is 4.85. The Morgan fingerprint density at radius 1 is 1.03 bits per heavy atom. The maximum absolute atomic E-state index is 14.5.